The Labute approximate surface area is 200 Å². The van der Waals surface area contributed by atoms with Gasteiger partial charge >= 0.3 is 19.5 Å². The number of nitrogens with two attached hydrogens (primary N) is 2. The van der Waals surface area contributed by atoms with Crippen molar-refractivity contribution >= 4 is 0 Å². The van der Waals surface area contributed by atoms with E-state index in [4.69, 9.17) is 16.2 Å². The molecule has 2 aromatic rings. The molecule has 1 unspecified atom stereocenters. The van der Waals surface area contributed by atoms with Crippen LogP contribution in [-0.2, 0) is 31.3 Å². The first-order valence-electron chi connectivity index (χ1n) is 10.9. The molecule has 0 radical (unpaired) electrons. The van der Waals surface area contributed by atoms with Crippen LogP contribution in [0.2, 0.25) is 0 Å². The Kier molecular flexibility index (Phi) is 8.78. The zero-order valence-corrected chi connectivity index (χ0v) is 22.5. The third kappa shape index (κ3) is 5.18. The predicted octanol–water partition coefficient (Wildman–Crippen LogP) is 4.33. The Morgan fingerprint density at radius 1 is 1.23 bits per heavy atom. The molecule has 1 aromatic carbocycles. The molecule has 6 heteroatoms. The first-order chi connectivity index (χ1) is 13.9. The summed E-state index contributed by atoms with van der Waals surface area (Å²) in [5.41, 5.74) is 17.9. The van der Waals surface area contributed by atoms with E-state index in [9.17, 15) is 0 Å². The van der Waals surface area contributed by atoms with E-state index in [0.29, 0.717) is 18.5 Å². The van der Waals surface area contributed by atoms with Gasteiger partial charge in [0.25, 0.3) is 0 Å². The average molecular weight is 474 g/mol. The van der Waals surface area contributed by atoms with Gasteiger partial charge in [-0.05, 0) is 79.3 Å². The number of aromatic nitrogens is 2. The second-order valence-electron chi connectivity index (χ2n) is 9.41. The standard InChI is InChI=1S/C24H33N4O.CH3.Zn/c1-15(10-11-25)22-19-12-24(2,3)20-13-27-14-28-23(20)18(19)8-9-21(22)29-17-6-4-16(26)5-7-17;;/h8-9,14-17H,4-7,10-12,25-26H2,1-3H3;1H3;/q2*-1;+2. The normalized spacial score (nSPS) is 22.2. The third-order valence-electron chi connectivity index (χ3n) is 6.63. The fourth-order valence-electron chi connectivity index (χ4n) is 4.98. The maximum atomic E-state index is 6.59. The van der Waals surface area contributed by atoms with E-state index in [0.717, 1.165) is 55.5 Å². The molecule has 5 nitrogen and oxygen atoms in total. The molecule has 4 rings (SSSR count). The van der Waals surface area contributed by atoms with Crippen molar-refractivity contribution in [1.29, 1.82) is 0 Å². The van der Waals surface area contributed by atoms with Gasteiger partial charge in [0, 0.05) is 12.4 Å². The van der Waals surface area contributed by atoms with Crippen LogP contribution < -0.4 is 16.2 Å². The van der Waals surface area contributed by atoms with Gasteiger partial charge in [0.15, 0.2) is 0 Å². The van der Waals surface area contributed by atoms with Crippen molar-refractivity contribution in [2.45, 2.75) is 82.8 Å². The van der Waals surface area contributed by atoms with E-state index < -0.39 is 0 Å². The number of rotatable bonds is 5. The average Bonchev–Trinajstić information content (AvgIpc) is 2.69. The molecule has 2 aliphatic carbocycles. The van der Waals surface area contributed by atoms with Gasteiger partial charge in [-0.25, -0.2) is 0 Å². The summed E-state index contributed by atoms with van der Waals surface area (Å²) >= 11 is 0. The number of fused-ring (bicyclic) bond motifs is 3. The molecule has 1 atom stereocenters. The molecule has 4 N–H and O–H groups in total. The van der Waals surface area contributed by atoms with Gasteiger partial charge in [0.2, 0.25) is 0 Å². The van der Waals surface area contributed by atoms with Crippen molar-refractivity contribution in [3.63, 3.8) is 0 Å². The SMILES string of the molecule is CC(CCN)c1c(OC2CCC(N)CC2)ccc2c1CC(C)(C)c1[c-]ncnc1-2.[CH3-].[Zn+2]. The van der Waals surface area contributed by atoms with Gasteiger partial charge in [-0.2, -0.15) is 0 Å². The van der Waals surface area contributed by atoms with E-state index in [1.165, 1.54) is 16.7 Å². The van der Waals surface area contributed by atoms with Gasteiger partial charge in [0.1, 0.15) is 5.75 Å². The van der Waals surface area contributed by atoms with E-state index in [1.54, 1.807) is 6.33 Å². The van der Waals surface area contributed by atoms with Crippen LogP contribution >= 0.6 is 0 Å². The molecule has 1 saturated carbocycles. The van der Waals surface area contributed by atoms with E-state index in [-0.39, 0.29) is 38.4 Å². The number of hydrogen-bond acceptors (Lipinski definition) is 5. The first kappa shape index (κ1) is 25.9. The number of benzene rings is 1. The van der Waals surface area contributed by atoms with Crippen LogP contribution in [0.4, 0.5) is 0 Å². The Balaban J connectivity index is 0.00000171. The first-order valence-corrected chi connectivity index (χ1v) is 10.9. The largest absolute Gasteiger partial charge is 2.00 e. The van der Waals surface area contributed by atoms with Crippen LogP contribution in [0.15, 0.2) is 18.5 Å². The number of ether oxygens (including phenoxy) is 1. The van der Waals surface area contributed by atoms with Crippen molar-refractivity contribution < 1.29 is 24.2 Å². The molecule has 1 heterocycles. The second-order valence-corrected chi connectivity index (χ2v) is 9.41. The summed E-state index contributed by atoms with van der Waals surface area (Å²) < 4.78 is 6.59. The van der Waals surface area contributed by atoms with Crippen LogP contribution in [-0.4, -0.2) is 28.7 Å². The molecule has 0 bridgehead atoms. The van der Waals surface area contributed by atoms with E-state index in [1.807, 2.05) is 0 Å². The molecule has 2 aliphatic rings. The summed E-state index contributed by atoms with van der Waals surface area (Å²) in [6.07, 6.45) is 11.0. The second kappa shape index (κ2) is 10.5. The van der Waals surface area contributed by atoms with Crippen LogP contribution in [0, 0.1) is 13.6 Å². The van der Waals surface area contributed by atoms with Crippen LogP contribution in [0.3, 0.4) is 0 Å². The Bertz CT molecular complexity index is 878. The fourth-order valence-corrected chi connectivity index (χ4v) is 4.98. The van der Waals surface area contributed by atoms with Crippen molar-refractivity contribution in [1.82, 2.24) is 9.97 Å². The fraction of sp³-hybridized carbons (Fsp3) is 0.560. The minimum atomic E-state index is -0.0724. The van der Waals surface area contributed by atoms with Crippen molar-refractivity contribution in [3.8, 4) is 17.0 Å². The third-order valence-corrected chi connectivity index (χ3v) is 6.63. The van der Waals surface area contributed by atoms with E-state index >= 15 is 0 Å². The summed E-state index contributed by atoms with van der Waals surface area (Å²) in [5.74, 6) is 1.35. The van der Waals surface area contributed by atoms with Crippen molar-refractivity contribution in [3.05, 3.63) is 48.8 Å². The van der Waals surface area contributed by atoms with Crippen molar-refractivity contribution in [2.24, 2.45) is 11.5 Å². The molecule has 0 saturated heterocycles. The molecule has 164 valence electrons. The van der Waals surface area contributed by atoms with Gasteiger partial charge in [-0.15, -0.1) is 5.56 Å². The monoisotopic (exact) mass is 472 g/mol. The smallest absolute Gasteiger partial charge is 0.490 e. The summed E-state index contributed by atoms with van der Waals surface area (Å²) in [6.45, 7) is 7.43. The van der Waals surface area contributed by atoms with Gasteiger partial charge in [0.05, 0.1) is 6.10 Å². The topological polar surface area (TPSA) is 87.0 Å². The quantitative estimate of drug-likeness (QED) is 0.498. The zero-order valence-electron chi connectivity index (χ0n) is 19.6. The summed E-state index contributed by atoms with van der Waals surface area (Å²) in [4.78, 5) is 8.80. The predicted molar refractivity (Wildman–Crippen MR) is 122 cm³/mol. The number of nitrogens with zero attached hydrogens (tertiary/aromatic N) is 2. The summed E-state index contributed by atoms with van der Waals surface area (Å²) in [7, 11) is 0. The minimum absolute atomic E-state index is 0. The molecular formula is C25H36N4OZn. The van der Waals surface area contributed by atoms with Crippen LogP contribution in [0.1, 0.15) is 75.5 Å². The molecule has 1 fully saturated rings. The maximum absolute atomic E-state index is 6.59. The number of hydrogen-bond donors (Lipinski definition) is 2. The Morgan fingerprint density at radius 2 is 1.94 bits per heavy atom. The van der Waals surface area contributed by atoms with Gasteiger partial charge < -0.3 is 33.6 Å². The van der Waals surface area contributed by atoms with Crippen molar-refractivity contribution in [2.75, 3.05) is 6.54 Å². The Morgan fingerprint density at radius 3 is 2.61 bits per heavy atom. The molecule has 0 aliphatic heterocycles. The Hall–Kier alpha value is -1.36. The summed E-state index contributed by atoms with van der Waals surface area (Å²) in [5, 5.41) is 0. The van der Waals surface area contributed by atoms with Crippen LogP contribution in [0.25, 0.3) is 11.3 Å². The van der Waals surface area contributed by atoms with Gasteiger partial charge in [-0.3, -0.25) is 0 Å². The molecule has 0 amide bonds. The van der Waals surface area contributed by atoms with Crippen LogP contribution in [0.5, 0.6) is 5.75 Å². The van der Waals surface area contributed by atoms with E-state index in [2.05, 4.69) is 49.1 Å². The molecule has 0 spiro atoms. The molecule has 1 aromatic heterocycles. The summed E-state index contributed by atoms with van der Waals surface area (Å²) in [6, 6.07) is 4.63. The minimum Gasteiger partial charge on any atom is -0.490 e. The molecule has 31 heavy (non-hydrogen) atoms. The molecular weight excluding hydrogens is 438 g/mol. The zero-order chi connectivity index (χ0) is 20.6. The van der Waals surface area contributed by atoms with Gasteiger partial charge in [-0.1, -0.05) is 38.6 Å². The maximum Gasteiger partial charge on any atom is 2.00 e.